The van der Waals surface area contributed by atoms with Crippen LogP contribution in [-0.2, 0) is 6.61 Å². The second-order valence-electron chi connectivity index (χ2n) is 4.55. The summed E-state index contributed by atoms with van der Waals surface area (Å²) in [7, 11) is 0. The van der Waals surface area contributed by atoms with Crippen LogP contribution in [0.25, 0.3) is 10.6 Å². The van der Waals surface area contributed by atoms with E-state index in [0.717, 1.165) is 16.3 Å². The Balaban J connectivity index is 1.69. The molecule has 1 heterocycles. The van der Waals surface area contributed by atoms with E-state index in [2.05, 4.69) is 4.98 Å². The third-order valence-electron chi connectivity index (χ3n) is 2.99. The molecule has 0 amide bonds. The van der Waals surface area contributed by atoms with Crippen molar-refractivity contribution in [3.63, 3.8) is 0 Å². The number of hydrogen-bond acceptors (Lipinski definition) is 5. The standard InChI is InChI=1S/C16H12N2O3S/c19-18(20)14-7-4-8-15(9-14)21-10-13-11-22-16(17-13)12-5-2-1-3-6-12/h1-9,11H,10H2. The number of benzene rings is 2. The first-order valence-corrected chi connectivity index (χ1v) is 7.47. The molecule has 0 N–H and O–H groups in total. The monoisotopic (exact) mass is 312 g/mol. The van der Waals surface area contributed by atoms with Gasteiger partial charge in [-0.3, -0.25) is 10.1 Å². The third-order valence-corrected chi connectivity index (χ3v) is 3.93. The summed E-state index contributed by atoms with van der Waals surface area (Å²) in [4.78, 5) is 14.8. The SMILES string of the molecule is O=[N+]([O-])c1cccc(OCc2csc(-c3ccccc3)n2)c1. The molecule has 0 saturated carbocycles. The average Bonchev–Trinajstić information content (AvgIpc) is 3.03. The molecule has 3 aromatic rings. The lowest BCUT2D eigenvalue weighted by atomic mass is 10.2. The molecule has 0 aliphatic heterocycles. The lowest BCUT2D eigenvalue weighted by Gasteiger charge is -2.03. The van der Waals surface area contributed by atoms with Gasteiger partial charge < -0.3 is 4.74 Å². The molecule has 6 heteroatoms. The molecule has 110 valence electrons. The van der Waals surface area contributed by atoms with Gasteiger partial charge in [0.15, 0.2) is 0 Å². The van der Waals surface area contributed by atoms with Crippen molar-refractivity contribution in [1.29, 1.82) is 0 Å². The molecule has 0 atom stereocenters. The Morgan fingerprint density at radius 2 is 1.95 bits per heavy atom. The summed E-state index contributed by atoms with van der Waals surface area (Å²) >= 11 is 1.55. The van der Waals surface area contributed by atoms with Gasteiger partial charge in [-0.25, -0.2) is 4.98 Å². The Hall–Kier alpha value is -2.73. The lowest BCUT2D eigenvalue weighted by molar-refractivity contribution is -0.384. The fourth-order valence-electron chi connectivity index (χ4n) is 1.93. The van der Waals surface area contributed by atoms with E-state index in [1.165, 1.54) is 12.1 Å². The smallest absolute Gasteiger partial charge is 0.273 e. The minimum Gasteiger partial charge on any atom is -0.487 e. The number of hydrogen-bond donors (Lipinski definition) is 0. The number of aromatic nitrogens is 1. The molecular weight excluding hydrogens is 300 g/mol. The topological polar surface area (TPSA) is 65.3 Å². The summed E-state index contributed by atoms with van der Waals surface area (Å²) in [5, 5.41) is 13.6. The van der Waals surface area contributed by atoms with Gasteiger partial charge >= 0.3 is 0 Å². The van der Waals surface area contributed by atoms with Crippen molar-refractivity contribution in [2.24, 2.45) is 0 Å². The third kappa shape index (κ3) is 3.29. The van der Waals surface area contributed by atoms with E-state index in [4.69, 9.17) is 4.74 Å². The van der Waals surface area contributed by atoms with Crippen LogP contribution in [0.5, 0.6) is 5.75 Å². The fraction of sp³-hybridized carbons (Fsp3) is 0.0625. The zero-order valence-corrected chi connectivity index (χ0v) is 12.3. The highest BCUT2D eigenvalue weighted by Crippen LogP contribution is 2.24. The summed E-state index contributed by atoms with van der Waals surface area (Å²) < 4.78 is 5.57. The van der Waals surface area contributed by atoms with Gasteiger partial charge in [-0.15, -0.1) is 11.3 Å². The molecule has 22 heavy (non-hydrogen) atoms. The maximum absolute atomic E-state index is 10.7. The predicted molar refractivity (Wildman–Crippen MR) is 85.0 cm³/mol. The number of nitro benzene ring substituents is 1. The Morgan fingerprint density at radius 1 is 1.14 bits per heavy atom. The van der Waals surface area contributed by atoms with E-state index in [9.17, 15) is 10.1 Å². The van der Waals surface area contributed by atoms with Crippen LogP contribution >= 0.6 is 11.3 Å². The van der Waals surface area contributed by atoms with Crippen LogP contribution in [0.4, 0.5) is 5.69 Å². The molecule has 0 aliphatic rings. The first kappa shape index (κ1) is 14.2. The highest BCUT2D eigenvalue weighted by atomic mass is 32.1. The summed E-state index contributed by atoms with van der Waals surface area (Å²) in [6, 6.07) is 16.0. The number of ether oxygens (including phenoxy) is 1. The number of non-ortho nitro benzene ring substituents is 1. The number of nitrogens with zero attached hydrogens (tertiary/aromatic N) is 2. The van der Waals surface area contributed by atoms with Gasteiger partial charge in [0.2, 0.25) is 0 Å². The number of rotatable bonds is 5. The second-order valence-corrected chi connectivity index (χ2v) is 5.41. The summed E-state index contributed by atoms with van der Waals surface area (Å²) in [5.41, 5.74) is 1.88. The normalized spacial score (nSPS) is 10.4. The number of nitro groups is 1. The van der Waals surface area contributed by atoms with Gasteiger partial charge in [0.05, 0.1) is 16.7 Å². The molecule has 5 nitrogen and oxygen atoms in total. The summed E-state index contributed by atoms with van der Waals surface area (Å²) in [6.45, 7) is 0.282. The quantitative estimate of drug-likeness (QED) is 0.520. The van der Waals surface area contributed by atoms with Crippen LogP contribution in [0, 0.1) is 10.1 Å². The molecule has 0 bridgehead atoms. The van der Waals surface area contributed by atoms with Crippen molar-refractivity contribution in [3.8, 4) is 16.3 Å². The Labute approximate surface area is 131 Å². The van der Waals surface area contributed by atoms with Gasteiger partial charge in [-0.05, 0) is 6.07 Å². The first-order valence-electron chi connectivity index (χ1n) is 6.59. The van der Waals surface area contributed by atoms with Gasteiger partial charge in [0.1, 0.15) is 17.4 Å². The molecule has 0 spiro atoms. The van der Waals surface area contributed by atoms with Crippen LogP contribution in [-0.4, -0.2) is 9.91 Å². The van der Waals surface area contributed by atoms with E-state index in [0.29, 0.717) is 5.75 Å². The maximum atomic E-state index is 10.7. The Morgan fingerprint density at radius 3 is 2.73 bits per heavy atom. The van der Waals surface area contributed by atoms with Crippen LogP contribution in [0.3, 0.4) is 0 Å². The van der Waals surface area contributed by atoms with Crippen LogP contribution in [0.1, 0.15) is 5.69 Å². The maximum Gasteiger partial charge on any atom is 0.273 e. The molecular formula is C16H12N2O3S. The number of thiazole rings is 1. The molecule has 0 saturated heterocycles. The lowest BCUT2D eigenvalue weighted by Crippen LogP contribution is -1.96. The van der Waals surface area contributed by atoms with E-state index >= 15 is 0 Å². The highest BCUT2D eigenvalue weighted by molar-refractivity contribution is 7.13. The summed E-state index contributed by atoms with van der Waals surface area (Å²) in [5.74, 6) is 0.462. The largest absolute Gasteiger partial charge is 0.487 e. The van der Waals surface area contributed by atoms with Gasteiger partial charge in [-0.1, -0.05) is 36.4 Å². The minimum absolute atomic E-state index is 0.0146. The predicted octanol–water partition coefficient (Wildman–Crippen LogP) is 4.30. The molecule has 1 aromatic heterocycles. The van der Waals surface area contributed by atoms with E-state index < -0.39 is 4.92 Å². The average molecular weight is 312 g/mol. The molecule has 0 fully saturated rings. The first-order chi connectivity index (χ1) is 10.7. The van der Waals surface area contributed by atoms with Gasteiger partial charge in [-0.2, -0.15) is 0 Å². The van der Waals surface area contributed by atoms with Crippen molar-refractivity contribution in [2.45, 2.75) is 6.61 Å². The van der Waals surface area contributed by atoms with Crippen molar-refractivity contribution in [2.75, 3.05) is 0 Å². The van der Waals surface area contributed by atoms with Crippen LogP contribution < -0.4 is 4.74 Å². The van der Waals surface area contributed by atoms with E-state index in [1.807, 2.05) is 35.7 Å². The van der Waals surface area contributed by atoms with Crippen molar-refractivity contribution >= 4 is 17.0 Å². The van der Waals surface area contributed by atoms with E-state index in [1.54, 1.807) is 23.5 Å². The molecule has 0 aliphatic carbocycles. The Bertz CT molecular complexity index is 787. The van der Waals surface area contributed by atoms with Crippen molar-refractivity contribution in [3.05, 3.63) is 75.8 Å². The molecule has 0 unspecified atom stereocenters. The minimum atomic E-state index is -0.441. The second kappa shape index (κ2) is 6.36. The van der Waals surface area contributed by atoms with Crippen LogP contribution in [0.15, 0.2) is 60.0 Å². The van der Waals surface area contributed by atoms with Crippen LogP contribution in [0.2, 0.25) is 0 Å². The summed E-state index contributed by atoms with van der Waals surface area (Å²) in [6.07, 6.45) is 0. The Kier molecular flexibility index (Phi) is 4.11. The fourth-order valence-corrected chi connectivity index (χ4v) is 2.74. The zero-order chi connectivity index (χ0) is 15.4. The van der Waals surface area contributed by atoms with E-state index in [-0.39, 0.29) is 12.3 Å². The van der Waals surface area contributed by atoms with Gasteiger partial charge in [0.25, 0.3) is 5.69 Å². The molecule has 2 aromatic carbocycles. The molecule has 0 radical (unpaired) electrons. The van der Waals surface area contributed by atoms with Crippen molar-refractivity contribution < 1.29 is 9.66 Å². The van der Waals surface area contributed by atoms with Gasteiger partial charge in [0, 0.05) is 17.0 Å². The zero-order valence-electron chi connectivity index (χ0n) is 11.5. The van der Waals surface area contributed by atoms with Crippen molar-refractivity contribution in [1.82, 2.24) is 4.98 Å². The molecule has 3 rings (SSSR count). The highest BCUT2D eigenvalue weighted by Gasteiger charge is 2.08.